The summed E-state index contributed by atoms with van der Waals surface area (Å²) in [4.78, 5) is 5.16. The molecule has 76 valence electrons. The van der Waals surface area contributed by atoms with Gasteiger partial charge in [0, 0.05) is 31.2 Å². The lowest BCUT2D eigenvalue weighted by Gasteiger charge is -2.53. The topological polar surface area (TPSA) is 6.48 Å². The van der Waals surface area contributed by atoms with Gasteiger partial charge in [-0.1, -0.05) is 6.92 Å². The Kier molecular flexibility index (Phi) is 2.16. The zero-order valence-electron chi connectivity index (χ0n) is 9.38. The molecule has 2 heteroatoms. The van der Waals surface area contributed by atoms with Crippen LogP contribution in [0.25, 0.3) is 0 Å². The molecule has 0 saturated carbocycles. The van der Waals surface area contributed by atoms with Gasteiger partial charge in [0.25, 0.3) is 0 Å². The van der Waals surface area contributed by atoms with Crippen LogP contribution in [0.15, 0.2) is 0 Å². The van der Waals surface area contributed by atoms with Crippen LogP contribution < -0.4 is 0 Å². The highest BCUT2D eigenvalue weighted by Crippen LogP contribution is 2.39. The van der Waals surface area contributed by atoms with Gasteiger partial charge < -0.3 is 0 Å². The Morgan fingerprint density at radius 1 is 1.31 bits per heavy atom. The molecule has 0 aromatic rings. The second-order valence-corrected chi connectivity index (χ2v) is 5.41. The first-order valence-electron chi connectivity index (χ1n) is 5.49. The van der Waals surface area contributed by atoms with Gasteiger partial charge in [-0.05, 0) is 33.2 Å². The molecular weight excluding hydrogens is 160 g/mol. The van der Waals surface area contributed by atoms with E-state index < -0.39 is 0 Å². The van der Waals surface area contributed by atoms with E-state index in [2.05, 4.69) is 37.6 Å². The van der Waals surface area contributed by atoms with E-state index in [4.69, 9.17) is 0 Å². The molecule has 2 fully saturated rings. The van der Waals surface area contributed by atoms with E-state index >= 15 is 0 Å². The molecule has 0 bridgehead atoms. The molecule has 13 heavy (non-hydrogen) atoms. The van der Waals surface area contributed by atoms with E-state index in [0.29, 0.717) is 5.54 Å². The largest absolute Gasteiger partial charge is 0.298 e. The van der Waals surface area contributed by atoms with Gasteiger partial charge in [0.1, 0.15) is 0 Å². The molecule has 1 unspecified atom stereocenters. The molecule has 0 aliphatic carbocycles. The fraction of sp³-hybridized carbons (Fsp3) is 1.00. The normalized spacial score (nSPS) is 34.4. The number of hydrogen-bond donors (Lipinski definition) is 0. The second-order valence-electron chi connectivity index (χ2n) is 5.41. The SMILES string of the molecule is CC1CN(C)C2(C1)CN(C(C)C)C2. The summed E-state index contributed by atoms with van der Waals surface area (Å²) < 4.78 is 0. The first kappa shape index (κ1) is 9.47. The van der Waals surface area contributed by atoms with Crippen LogP contribution in [0.4, 0.5) is 0 Å². The average molecular weight is 182 g/mol. The molecule has 0 aromatic heterocycles. The van der Waals surface area contributed by atoms with E-state index in [0.717, 1.165) is 12.0 Å². The van der Waals surface area contributed by atoms with Crippen molar-refractivity contribution in [2.24, 2.45) is 5.92 Å². The Labute approximate surface area is 81.9 Å². The minimum Gasteiger partial charge on any atom is -0.298 e. The van der Waals surface area contributed by atoms with Crippen molar-refractivity contribution < 1.29 is 0 Å². The van der Waals surface area contributed by atoms with Crippen molar-refractivity contribution in [3.05, 3.63) is 0 Å². The highest BCUT2D eigenvalue weighted by atomic mass is 15.4. The fourth-order valence-electron chi connectivity index (χ4n) is 2.98. The minimum absolute atomic E-state index is 0.559. The first-order chi connectivity index (χ1) is 6.03. The molecule has 2 heterocycles. The second kappa shape index (κ2) is 2.96. The van der Waals surface area contributed by atoms with Gasteiger partial charge in [0.05, 0.1) is 0 Å². The molecule has 2 rings (SSSR count). The quantitative estimate of drug-likeness (QED) is 0.605. The van der Waals surface area contributed by atoms with Gasteiger partial charge in [-0.15, -0.1) is 0 Å². The zero-order chi connectivity index (χ0) is 9.64. The highest BCUT2D eigenvalue weighted by molar-refractivity contribution is 5.08. The summed E-state index contributed by atoms with van der Waals surface area (Å²) in [5.41, 5.74) is 0.559. The lowest BCUT2D eigenvalue weighted by atomic mass is 9.84. The standard InChI is InChI=1S/C11H22N2/c1-9(2)13-7-11(8-13)5-10(3)6-12(11)4/h9-10H,5-8H2,1-4H3. The number of hydrogen-bond acceptors (Lipinski definition) is 2. The van der Waals surface area contributed by atoms with Crippen molar-refractivity contribution in [2.45, 2.75) is 38.8 Å². The molecule has 2 nitrogen and oxygen atoms in total. The van der Waals surface area contributed by atoms with Crippen LogP contribution in [0.1, 0.15) is 27.2 Å². The maximum Gasteiger partial charge on any atom is 0.0463 e. The van der Waals surface area contributed by atoms with Crippen molar-refractivity contribution in [1.29, 1.82) is 0 Å². The van der Waals surface area contributed by atoms with Crippen molar-refractivity contribution >= 4 is 0 Å². The molecular formula is C11H22N2. The van der Waals surface area contributed by atoms with Crippen molar-refractivity contribution in [3.63, 3.8) is 0 Å². The summed E-state index contributed by atoms with van der Waals surface area (Å²) in [6.45, 7) is 10.9. The van der Waals surface area contributed by atoms with Gasteiger partial charge in [-0.3, -0.25) is 9.80 Å². The summed E-state index contributed by atoms with van der Waals surface area (Å²) >= 11 is 0. The van der Waals surface area contributed by atoms with Crippen LogP contribution in [0.5, 0.6) is 0 Å². The maximum atomic E-state index is 2.58. The molecule has 0 N–H and O–H groups in total. The van der Waals surface area contributed by atoms with E-state index in [1.54, 1.807) is 0 Å². The van der Waals surface area contributed by atoms with Crippen LogP contribution in [0, 0.1) is 5.92 Å². The van der Waals surface area contributed by atoms with Crippen LogP contribution in [-0.4, -0.2) is 48.1 Å². The summed E-state index contributed by atoms with van der Waals surface area (Å²) in [5, 5.41) is 0. The number of nitrogens with zero attached hydrogens (tertiary/aromatic N) is 2. The van der Waals surface area contributed by atoms with Crippen molar-refractivity contribution in [2.75, 3.05) is 26.7 Å². The van der Waals surface area contributed by atoms with Crippen molar-refractivity contribution in [3.8, 4) is 0 Å². The molecule has 1 spiro atoms. The van der Waals surface area contributed by atoms with Gasteiger partial charge in [0.15, 0.2) is 0 Å². The lowest BCUT2D eigenvalue weighted by molar-refractivity contribution is -0.0349. The molecule has 0 radical (unpaired) electrons. The number of likely N-dealkylation sites (N-methyl/N-ethyl adjacent to an activating group) is 1. The van der Waals surface area contributed by atoms with Crippen molar-refractivity contribution in [1.82, 2.24) is 9.80 Å². The summed E-state index contributed by atoms with van der Waals surface area (Å²) in [6.07, 6.45) is 1.41. The Morgan fingerprint density at radius 2 is 1.92 bits per heavy atom. The van der Waals surface area contributed by atoms with Gasteiger partial charge in [0.2, 0.25) is 0 Å². The summed E-state index contributed by atoms with van der Waals surface area (Å²) in [6, 6.07) is 0.731. The Bertz CT molecular complexity index is 194. The average Bonchev–Trinajstić information content (AvgIpc) is 2.21. The Hall–Kier alpha value is -0.0800. The Balaban J connectivity index is 1.96. The monoisotopic (exact) mass is 182 g/mol. The zero-order valence-corrected chi connectivity index (χ0v) is 9.38. The third kappa shape index (κ3) is 1.40. The molecule has 2 aliphatic rings. The lowest BCUT2D eigenvalue weighted by Crippen LogP contribution is -2.68. The molecule has 0 amide bonds. The van der Waals surface area contributed by atoms with Crippen LogP contribution in [0.3, 0.4) is 0 Å². The van der Waals surface area contributed by atoms with E-state index in [1.165, 1.54) is 26.1 Å². The van der Waals surface area contributed by atoms with Crippen LogP contribution >= 0.6 is 0 Å². The fourth-order valence-corrected chi connectivity index (χ4v) is 2.98. The minimum atomic E-state index is 0.559. The predicted octanol–water partition coefficient (Wildman–Crippen LogP) is 1.42. The van der Waals surface area contributed by atoms with E-state index in [-0.39, 0.29) is 0 Å². The Morgan fingerprint density at radius 3 is 2.31 bits per heavy atom. The molecule has 2 aliphatic heterocycles. The summed E-state index contributed by atoms with van der Waals surface area (Å²) in [5.74, 6) is 0.902. The molecule has 0 aromatic carbocycles. The van der Waals surface area contributed by atoms with E-state index in [9.17, 15) is 0 Å². The predicted molar refractivity (Wildman–Crippen MR) is 55.9 cm³/mol. The highest BCUT2D eigenvalue weighted by Gasteiger charge is 2.50. The maximum absolute atomic E-state index is 2.58. The van der Waals surface area contributed by atoms with Crippen LogP contribution in [-0.2, 0) is 0 Å². The first-order valence-corrected chi connectivity index (χ1v) is 5.49. The third-order valence-corrected chi connectivity index (χ3v) is 3.85. The van der Waals surface area contributed by atoms with Gasteiger partial charge >= 0.3 is 0 Å². The van der Waals surface area contributed by atoms with Gasteiger partial charge in [-0.25, -0.2) is 0 Å². The number of likely N-dealkylation sites (tertiary alicyclic amines) is 2. The third-order valence-electron chi connectivity index (χ3n) is 3.85. The summed E-state index contributed by atoms with van der Waals surface area (Å²) in [7, 11) is 2.29. The van der Waals surface area contributed by atoms with Gasteiger partial charge in [-0.2, -0.15) is 0 Å². The molecule has 1 atom stereocenters. The number of rotatable bonds is 1. The smallest absolute Gasteiger partial charge is 0.0463 e. The molecule has 2 saturated heterocycles. The van der Waals surface area contributed by atoms with E-state index in [1.807, 2.05) is 0 Å². The van der Waals surface area contributed by atoms with Crippen LogP contribution in [0.2, 0.25) is 0 Å².